The van der Waals surface area contributed by atoms with Gasteiger partial charge in [-0.05, 0) is 40.2 Å². The predicted molar refractivity (Wildman–Crippen MR) is 81.9 cm³/mol. The summed E-state index contributed by atoms with van der Waals surface area (Å²) in [5.74, 6) is -1.66. The molecule has 8 heteroatoms. The Morgan fingerprint density at radius 3 is 2.83 bits per heavy atom. The molecule has 2 aromatic carbocycles. The van der Waals surface area contributed by atoms with Crippen molar-refractivity contribution in [2.24, 2.45) is 0 Å². The number of aliphatic carboxylic acids is 1. The van der Waals surface area contributed by atoms with Crippen molar-refractivity contribution in [3.63, 3.8) is 0 Å². The number of nitrogens with zero attached hydrogens (tertiary/aromatic N) is 1. The first-order chi connectivity index (χ1) is 11.0. The topological polar surface area (TPSA) is 92.8 Å². The third-order valence-corrected chi connectivity index (χ3v) is 3.85. The highest BCUT2D eigenvalue weighted by Crippen LogP contribution is 2.38. The molecule has 1 heterocycles. The molecule has 1 aromatic heterocycles. The molecule has 0 aliphatic rings. The van der Waals surface area contributed by atoms with Gasteiger partial charge in [0, 0.05) is 11.6 Å². The van der Waals surface area contributed by atoms with Crippen molar-refractivity contribution >= 4 is 32.9 Å². The van der Waals surface area contributed by atoms with Gasteiger partial charge in [-0.15, -0.1) is 0 Å². The van der Waals surface area contributed by atoms with Crippen LogP contribution in [-0.4, -0.2) is 27.9 Å². The number of phenolic OH excluding ortho intramolecular Hbond substituents is 1. The molecule has 0 amide bonds. The molecule has 0 unspecified atom stereocenters. The monoisotopic (exact) mass is 381 g/mol. The summed E-state index contributed by atoms with van der Waals surface area (Å²) in [5.41, 5.74) is 0.742. The molecule has 0 spiro atoms. The second-order valence-corrected chi connectivity index (χ2v) is 5.43. The van der Waals surface area contributed by atoms with Gasteiger partial charge in [0.2, 0.25) is 0 Å². The number of carboxylic acid groups (broad SMARTS) is 1. The Balaban J connectivity index is 2.08. The molecule has 118 valence electrons. The Bertz CT molecular complexity index is 908. The van der Waals surface area contributed by atoms with Crippen LogP contribution in [0.15, 0.2) is 39.3 Å². The number of rotatable bonds is 4. The van der Waals surface area contributed by atoms with Crippen LogP contribution >= 0.6 is 15.9 Å². The minimum Gasteiger partial charge on any atom is -0.508 e. The zero-order valence-electron chi connectivity index (χ0n) is 11.4. The summed E-state index contributed by atoms with van der Waals surface area (Å²) in [6.07, 6.45) is 0. The minimum atomic E-state index is -1.11. The molecular weight excluding hydrogens is 373 g/mol. The van der Waals surface area contributed by atoms with E-state index >= 15 is 0 Å². The van der Waals surface area contributed by atoms with Crippen molar-refractivity contribution in [3.05, 3.63) is 40.6 Å². The zero-order chi connectivity index (χ0) is 16.6. The van der Waals surface area contributed by atoms with Gasteiger partial charge in [-0.2, -0.15) is 0 Å². The van der Waals surface area contributed by atoms with E-state index in [1.54, 1.807) is 6.07 Å². The van der Waals surface area contributed by atoms with Crippen molar-refractivity contribution in [3.8, 4) is 22.8 Å². The maximum Gasteiger partial charge on any atom is 0.341 e. The fraction of sp³-hybridized carbons (Fsp3) is 0.0667. The van der Waals surface area contributed by atoms with Gasteiger partial charge >= 0.3 is 5.97 Å². The first kappa shape index (κ1) is 15.3. The molecule has 0 bridgehead atoms. The molecule has 0 radical (unpaired) electrons. The van der Waals surface area contributed by atoms with E-state index in [2.05, 4.69) is 21.1 Å². The van der Waals surface area contributed by atoms with E-state index in [-0.39, 0.29) is 22.8 Å². The number of carbonyl (C=O) groups is 1. The van der Waals surface area contributed by atoms with E-state index in [0.717, 1.165) is 6.07 Å². The molecule has 0 aliphatic carbocycles. The summed E-state index contributed by atoms with van der Waals surface area (Å²) < 4.78 is 24.7. The lowest BCUT2D eigenvalue weighted by Crippen LogP contribution is -2.09. The number of hydrogen-bond acceptors (Lipinski definition) is 5. The zero-order valence-corrected chi connectivity index (χ0v) is 13.0. The second kappa shape index (κ2) is 5.88. The number of aromatic hydroxyl groups is 1. The highest BCUT2D eigenvalue weighted by atomic mass is 79.9. The maximum atomic E-state index is 14.0. The number of ether oxygens (including phenoxy) is 1. The molecule has 3 aromatic rings. The van der Waals surface area contributed by atoms with E-state index < -0.39 is 18.4 Å². The average Bonchev–Trinajstić information content (AvgIpc) is 2.91. The lowest BCUT2D eigenvalue weighted by atomic mass is 10.1. The van der Waals surface area contributed by atoms with Crippen molar-refractivity contribution < 1.29 is 28.7 Å². The number of benzene rings is 2. The lowest BCUT2D eigenvalue weighted by Gasteiger charge is -2.05. The van der Waals surface area contributed by atoms with Gasteiger partial charge in [-0.1, -0.05) is 5.16 Å². The highest BCUT2D eigenvalue weighted by Gasteiger charge is 2.19. The third-order valence-electron chi connectivity index (χ3n) is 3.10. The molecule has 6 nitrogen and oxygen atoms in total. The first-order valence-corrected chi connectivity index (χ1v) is 7.18. The minimum absolute atomic E-state index is 0.174. The predicted octanol–water partition coefficient (Wildman–Crippen LogP) is 3.57. The quantitative estimate of drug-likeness (QED) is 0.717. The van der Waals surface area contributed by atoms with Crippen molar-refractivity contribution in [1.29, 1.82) is 0 Å². The van der Waals surface area contributed by atoms with Crippen LogP contribution in [0.25, 0.3) is 22.2 Å². The van der Waals surface area contributed by atoms with E-state index in [4.69, 9.17) is 14.4 Å². The van der Waals surface area contributed by atoms with Gasteiger partial charge in [-0.3, -0.25) is 0 Å². The Morgan fingerprint density at radius 2 is 2.13 bits per heavy atom. The smallest absolute Gasteiger partial charge is 0.341 e. The normalized spacial score (nSPS) is 10.9. The van der Waals surface area contributed by atoms with Crippen molar-refractivity contribution in [2.75, 3.05) is 6.61 Å². The van der Waals surface area contributed by atoms with Gasteiger partial charge in [0.1, 0.15) is 27.5 Å². The maximum absolute atomic E-state index is 14.0. The lowest BCUT2D eigenvalue weighted by molar-refractivity contribution is -0.139. The largest absolute Gasteiger partial charge is 0.508 e. The van der Waals surface area contributed by atoms with E-state index in [1.807, 2.05) is 0 Å². The molecule has 2 N–H and O–H groups in total. The first-order valence-electron chi connectivity index (χ1n) is 6.38. The van der Waals surface area contributed by atoms with E-state index in [1.165, 1.54) is 18.2 Å². The van der Waals surface area contributed by atoms with Gasteiger partial charge in [0.25, 0.3) is 0 Å². The Kier molecular flexibility index (Phi) is 3.91. The summed E-state index contributed by atoms with van der Waals surface area (Å²) in [6.45, 7) is -0.502. The fourth-order valence-corrected chi connectivity index (χ4v) is 2.63. The van der Waals surface area contributed by atoms with Crippen LogP contribution in [0.3, 0.4) is 0 Å². The van der Waals surface area contributed by atoms with Gasteiger partial charge in [0.15, 0.2) is 12.2 Å². The summed E-state index contributed by atoms with van der Waals surface area (Å²) in [7, 11) is 0. The van der Waals surface area contributed by atoms with Gasteiger partial charge in [0.05, 0.1) is 5.39 Å². The molecule has 0 fully saturated rings. The summed E-state index contributed by atoms with van der Waals surface area (Å²) in [4.78, 5) is 10.6. The number of carboxylic acids is 1. The highest BCUT2D eigenvalue weighted by molar-refractivity contribution is 9.10. The van der Waals surface area contributed by atoms with Crippen LogP contribution in [0.5, 0.6) is 11.5 Å². The van der Waals surface area contributed by atoms with Crippen LogP contribution in [0.2, 0.25) is 0 Å². The SMILES string of the molecule is O=C(O)COc1ccc2c(-c3ccc(O)cc3F)noc2c1Br. The van der Waals surface area contributed by atoms with Crippen LogP contribution < -0.4 is 4.74 Å². The number of hydrogen-bond donors (Lipinski definition) is 2. The Morgan fingerprint density at radius 1 is 1.35 bits per heavy atom. The second-order valence-electron chi connectivity index (χ2n) is 4.63. The van der Waals surface area contributed by atoms with Crippen molar-refractivity contribution in [1.82, 2.24) is 5.16 Å². The van der Waals surface area contributed by atoms with Crippen LogP contribution in [0, 0.1) is 5.82 Å². The van der Waals surface area contributed by atoms with Crippen molar-refractivity contribution in [2.45, 2.75) is 0 Å². The third kappa shape index (κ3) is 2.85. The number of fused-ring (bicyclic) bond motifs is 1. The fourth-order valence-electron chi connectivity index (χ4n) is 2.10. The molecule has 0 atom stereocenters. The van der Waals surface area contributed by atoms with Crippen LogP contribution in [0.1, 0.15) is 0 Å². The van der Waals surface area contributed by atoms with Gasteiger partial charge in [-0.25, -0.2) is 9.18 Å². The number of aromatic nitrogens is 1. The van der Waals surface area contributed by atoms with E-state index in [0.29, 0.717) is 15.4 Å². The average molecular weight is 382 g/mol. The van der Waals surface area contributed by atoms with E-state index in [9.17, 15) is 14.3 Å². The number of halogens is 2. The van der Waals surface area contributed by atoms with Gasteiger partial charge < -0.3 is 19.5 Å². The molecule has 3 rings (SSSR count). The number of phenols is 1. The molecular formula is C15H9BrFNO5. The van der Waals surface area contributed by atoms with Crippen LogP contribution in [-0.2, 0) is 4.79 Å². The summed E-state index contributed by atoms with van der Waals surface area (Å²) in [6, 6.07) is 6.85. The molecule has 0 saturated heterocycles. The Hall–Kier alpha value is -2.61. The standard InChI is InChI=1S/C15H9BrFNO5/c16-13-11(22-6-12(20)21)4-3-9-14(18-23-15(9)13)8-2-1-7(19)5-10(8)17/h1-5,19H,6H2,(H,20,21). The van der Waals surface area contributed by atoms with Crippen LogP contribution in [0.4, 0.5) is 4.39 Å². The molecule has 23 heavy (non-hydrogen) atoms. The summed E-state index contributed by atoms with van der Waals surface area (Å²) >= 11 is 3.26. The molecule has 0 saturated carbocycles. The summed E-state index contributed by atoms with van der Waals surface area (Å²) in [5, 5.41) is 22.3. The Labute approximate surface area is 137 Å². The molecule has 0 aliphatic heterocycles.